The molecule has 1 rings (SSSR count). The highest BCUT2D eigenvalue weighted by atomic mass is 31.2. The molecule has 0 heterocycles. The second-order valence-electron chi connectivity index (χ2n) is 3.69. The van der Waals surface area contributed by atoms with Crippen LogP contribution < -0.4 is 4.74 Å². The van der Waals surface area contributed by atoms with E-state index in [-0.39, 0.29) is 11.3 Å². The zero-order chi connectivity index (χ0) is 15.1. The smallest absolute Gasteiger partial charge is 0.469 e. The van der Waals surface area contributed by atoms with Crippen LogP contribution >= 0.6 is 7.82 Å². The van der Waals surface area contributed by atoms with Crippen molar-refractivity contribution in [1.82, 2.24) is 0 Å². The second kappa shape index (κ2) is 7.91. The number of methoxy groups -OCH3 is 1. The van der Waals surface area contributed by atoms with E-state index in [4.69, 9.17) is 19.6 Å². The van der Waals surface area contributed by atoms with Gasteiger partial charge in [0.1, 0.15) is 11.5 Å². The van der Waals surface area contributed by atoms with Crippen molar-refractivity contribution in [2.24, 2.45) is 0 Å². The van der Waals surface area contributed by atoms with Gasteiger partial charge in [0.2, 0.25) is 0 Å². The molecule has 0 spiro atoms. The number of carbonyl (C=O) groups excluding carboxylic acids is 1. The minimum absolute atomic E-state index is 0.0562. The van der Waals surface area contributed by atoms with Gasteiger partial charge in [-0.25, -0.2) is 4.57 Å². The minimum Gasteiger partial charge on any atom is -0.507 e. The van der Waals surface area contributed by atoms with E-state index in [9.17, 15) is 9.36 Å². The lowest BCUT2D eigenvalue weighted by Crippen LogP contribution is -1.98. The molecule has 8 heteroatoms. The number of phosphoric ester groups is 1. The van der Waals surface area contributed by atoms with Gasteiger partial charge in [-0.1, -0.05) is 0 Å². The number of phosphoric acid groups is 1. The maximum Gasteiger partial charge on any atom is 0.469 e. The predicted octanol–water partition coefficient (Wildman–Crippen LogP) is 1.72. The SMILES string of the molecule is CC(C)OP(=O)(O)O.COc1ccc(C=O)c(O)c1. The highest BCUT2D eigenvalue weighted by Gasteiger charge is 2.14. The first-order chi connectivity index (χ1) is 8.69. The molecule has 0 aliphatic rings. The van der Waals surface area contributed by atoms with Crippen molar-refractivity contribution in [3.63, 3.8) is 0 Å². The Labute approximate surface area is 111 Å². The number of carbonyl (C=O) groups is 1. The first kappa shape index (κ1) is 17.6. The largest absolute Gasteiger partial charge is 0.507 e. The fourth-order valence-electron chi connectivity index (χ4n) is 1.02. The van der Waals surface area contributed by atoms with Crippen LogP contribution in [0.2, 0.25) is 0 Å². The Kier molecular flexibility index (Phi) is 7.33. The van der Waals surface area contributed by atoms with Gasteiger partial charge in [-0.05, 0) is 26.0 Å². The number of aldehydes is 1. The highest BCUT2D eigenvalue weighted by Crippen LogP contribution is 2.37. The fraction of sp³-hybridized carbons (Fsp3) is 0.364. The number of ether oxygens (including phenoxy) is 1. The number of hydrogen-bond donors (Lipinski definition) is 3. The zero-order valence-corrected chi connectivity index (χ0v) is 11.7. The van der Waals surface area contributed by atoms with E-state index in [2.05, 4.69) is 4.52 Å². The summed E-state index contributed by atoms with van der Waals surface area (Å²) in [6.07, 6.45) is 0.172. The van der Waals surface area contributed by atoms with Crippen LogP contribution in [0.3, 0.4) is 0 Å². The molecular weight excluding hydrogens is 275 g/mol. The number of rotatable bonds is 4. The maximum absolute atomic E-state index is 10.2. The Bertz CT molecular complexity index is 452. The Morgan fingerprint density at radius 1 is 1.32 bits per heavy atom. The Hall–Kier alpha value is -1.40. The summed E-state index contributed by atoms with van der Waals surface area (Å²) in [6, 6.07) is 4.51. The van der Waals surface area contributed by atoms with Crippen LogP contribution in [0.4, 0.5) is 0 Å². The van der Waals surface area contributed by atoms with E-state index in [1.807, 2.05) is 0 Å². The van der Waals surface area contributed by atoms with Crippen LogP contribution in [0, 0.1) is 0 Å². The lowest BCUT2D eigenvalue weighted by molar-refractivity contribution is 0.112. The third kappa shape index (κ3) is 8.34. The second-order valence-corrected chi connectivity index (χ2v) is 4.88. The molecule has 0 amide bonds. The zero-order valence-electron chi connectivity index (χ0n) is 10.8. The van der Waals surface area contributed by atoms with E-state index >= 15 is 0 Å². The first-order valence-electron chi connectivity index (χ1n) is 5.25. The molecule has 0 unspecified atom stereocenters. The molecule has 0 atom stereocenters. The normalized spacial score (nSPS) is 10.6. The van der Waals surface area contributed by atoms with Gasteiger partial charge in [0, 0.05) is 6.07 Å². The topological polar surface area (TPSA) is 113 Å². The van der Waals surface area contributed by atoms with E-state index < -0.39 is 13.9 Å². The molecule has 0 bridgehead atoms. The average molecular weight is 292 g/mol. The molecule has 0 aromatic heterocycles. The summed E-state index contributed by atoms with van der Waals surface area (Å²) < 4.78 is 18.8. The number of aromatic hydroxyl groups is 1. The van der Waals surface area contributed by atoms with Gasteiger partial charge < -0.3 is 19.6 Å². The Balaban J connectivity index is 0.000000362. The van der Waals surface area contributed by atoms with Crippen LogP contribution in [0.15, 0.2) is 18.2 Å². The molecule has 0 aliphatic heterocycles. The van der Waals surface area contributed by atoms with Gasteiger partial charge >= 0.3 is 7.82 Å². The third-order valence-corrected chi connectivity index (χ3v) is 2.41. The van der Waals surface area contributed by atoms with Gasteiger partial charge in [-0.15, -0.1) is 0 Å². The van der Waals surface area contributed by atoms with E-state index in [1.165, 1.54) is 19.2 Å². The average Bonchev–Trinajstić information content (AvgIpc) is 2.26. The number of phenolic OH excluding ortho intramolecular Hbond substituents is 1. The van der Waals surface area contributed by atoms with Gasteiger partial charge in [0.05, 0.1) is 18.8 Å². The van der Waals surface area contributed by atoms with Crippen LogP contribution in [-0.4, -0.2) is 34.4 Å². The predicted molar refractivity (Wildman–Crippen MR) is 68.3 cm³/mol. The number of benzene rings is 1. The summed E-state index contributed by atoms with van der Waals surface area (Å²) >= 11 is 0. The molecule has 7 nitrogen and oxygen atoms in total. The summed E-state index contributed by atoms with van der Waals surface area (Å²) in [5.41, 5.74) is 0.269. The van der Waals surface area contributed by atoms with Gasteiger partial charge in [-0.2, -0.15) is 0 Å². The van der Waals surface area contributed by atoms with Crippen molar-refractivity contribution in [1.29, 1.82) is 0 Å². The fourth-order valence-corrected chi connectivity index (χ4v) is 1.57. The molecule has 3 N–H and O–H groups in total. The minimum atomic E-state index is -4.22. The van der Waals surface area contributed by atoms with E-state index in [1.54, 1.807) is 19.9 Å². The molecule has 0 saturated carbocycles. The summed E-state index contributed by atoms with van der Waals surface area (Å²) in [5.74, 6) is 0.479. The molecule has 0 saturated heterocycles. The molecule has 19 heavy (non-hydrogen) atoms. The van der Waals surface area contributed by atoms with Crippen LogP contribution in [-0.2, 0) is 9.09 Å². The number of phenols is 1. The highest BCUT2D eigenvalue weighted by molar-refractivity contribution is 7.46. The van der Waals surface area contributed by atoms with Crippen LogP contribution in [0.1, 0.15) is 24.2 Å². The van der Waals surface area contributed by atoms with Crippen molar-refractivity contribution in [3.8, 4) is 11.5 Å². The van der Waals surface area contributed by atoms with Crippen molar-refractivity contribution < 1.29 is 33.5 Å². The van der Waals surface area contributed by atoms with Crippen molar-refractivity contribution in [3.05, 3.63) is 23.8 Å². The number of hydrogen-bond acceptors (Lipinski definition) is 5. The monoisotopic (exact) mass is 292 g/mol. The maximum atomic E-state index is 10.2. The Morgan fingerprint density at radius 3 is 2.16 bits per heavy atom. The molecule has 108 valence electrons. The first-order valence-corrected chi connectivity index (χ1v) is 6.78. The molecule has 0 radical (unpaired) electrons. The van der Waals surface area contributed by atoms with E-state index in [0.29, 0.717) is 12.0 Å². The Morgan fingerprint density at radius 2 is 1.89 bits per heavy atom. The van der Waals surface area contributed by atoms with Crippen LogP contribution in [0.25, 0.3) is 0 Å². The molecule has 0 fully saturated rings. The van der Waals surface area contributed by atoms with Crippen molar-refractivity contribution in [2.75, 3.05) is 7.11 Å². The van der Waals surface area contributed by atoms with Gasteiger partial charge in [0.25, 0.3) is 0 Å². The van der Waals surface area contributed by atoms with Crippen LogP contribution in [0.5, 0.6) is 11.5 Å². The quantitative estimate of drug-likeness (QED) is 0.572. The van der Waals surface area contributed by atoms with Crippen molar-refractivity contribution in [2.45, 2.75) is 20.0 Å². The lowest BCUT2D eigenvalue weighted by Gasteiger charge is -2.06. The van der Waals surface area contributed by atoms with Gasteiger partial charge in [0.15, 0.2) is 6.29 Å². The molecular formula is C11H17O7P. The third-order valence-electron chi connectivity index (χ3n) is 1.71. The summed E-state index contributed by atoms with van der Waals surface area (Å²) in [7, 11) is -2.73. The van der Waals surface area contributed by atoms with Gasteiger partial charge in [-0.3, -0.25) is 9.32 Å². The molecule has 0 aliphatic carbocycles. The molecule has 1 aromatic carbocycles. The van der Waals surface area contributed by atoms with Crippen molar-refractivity contribution >= 4 is 14.1 Å². The lowest BCUT2D eigenvalue weighted by atomic mass is 10.2. The summed E-state index contributed by atoms with van der Waals surface area (Å²) in [5, 5.41) is 9.11. The van der Waals surface area contributed by atoms with E-state index in [0.717, 1.165) is 0 Å². The summed E-state index contributed by atoms with van der Waals surface area (Å²) in [6.45, 7) is 3.11. The standard InChI is InChI=1S/C8H8O3.C3H9O4P/c1-11-7-3-2-6(5-9)8(10)4-7;1-3(2)7-8(4,5)6/h2-5,10H,1H3;3H,1-2H3,(H2,4,5,6). The molecule has 1 aromatic rings. The summed E-state index contributed by atoms with van der Waals surface area (Å²) in [4.78, 5) is 26.4.